The second-order valence-electron chi connectivity index (χ2n) is 5.61. The second kappa shape index (κ2) is 8.03. The van der Waals surface area contributed by atoms with Gasteiger partial charge < -0.3 is 5.32 Å². The van der Waals surface area contributed by atoms with Crippen LogP contribution in [0.4, 0.5) is 0 Å². The number of hydrogen-bond acceptors (Lipinski definition) is 2. The first-order chi connectivity index (χ1) is 8.95. The highest BCUT2D eigenvalue weighted by atomic mass is 79.9. The van der Waals surface area contributed by atoms with Crippen LogP contribution < -0.4 is 5.32 Å². The summed E-state index contributed by atoms with van der Waals surface area (Å²) < 4.78 is 1.21. The van der Waals surface area contributed by atoms with Crippen LogP contribution in [0.2, 0.25) is 0 Å². The van der Waals surface area contributed by atoms with E-state index in [1.54, 1.807) is 0 Å². The fraction of sp³-hybridized carbons (Fsp3) is 0.625. The van der Waals surface area contributed by atoms with Crippen molar-refractivity contribution in [2.45, 2.75) is 46.8 Å². The van der Waals surface area contributed by atoms with E-state index in [0.29, 0.717) is 12.0 Å². The van der Waals surface area contributed by atoms with Crippen LogP contribution in [0.3, 0.4) is 0 Å². The van der Waals surface area contributed by atoms with Crippen molar-refractivity contribution in [2.24, 2.45) is 5.92 Å². The minimum Gasteiger partial charge on any atom is -0.313 e. The van der Waals surface area contributed by atoms with Crippen LogP contribution in [0.1, 0.15) is 38.8 Å². The van der Waals surface area contributed by atoms with Crippen LogP contribution in [0.5, 0.6) is 0 Å². The van der Waals surface area contributed by atoms with E-state index < -0.39 is 0 Å². The summed E-state index contributed by atoms with van der Waals surface area (Å²) in [6, 6.07) is 7.27. The third kappa shape index (κ3) is 5.25. The Kier molecular flexibility index (Phi) is 7.05. The lowest BCUT2D eigenvalue weighted by Gasteiger charge is -2.28. The Bertz CT molecular complexity index is 390. The van der Waals surface area contributed by atoms with Crippen molar-refractivity contribution in [3.63, 3.8) is 0 Å². The van der Waals surface area contributed by atoms with Crippen molar-refractivity contribution in [2.75, 3.05) is 13.6 Å². The van der Waals surface area contributed by atoms with E-state index in [1.165, 1.54) is 15.6 Å². The zero-order valence-electron chi connectivity index (χ0n) is 12.8. The summed E-state index contributed by atoms with van der Waals surface area (Å²) >= 11 is 3.70. The van der Waals surface area contributed by atoms with E-state index in [1.807, 2.05) is 0 Å². The van der Waals surface area contributed by atoms with Crippen molar-refractivity contribution >= 4 is 15.9 Å². The third-order valence-corrected chi connectivity index (χ3v) is 4.51. The predicted molar refractivity (Wildman–Crippen MR) is 87.3 cm³/mol. The van der Waals surface area contributed by atoms with E-state index in [4.69, 9.17) is 0 Å². The standard InChI is InChI=1S/C16H27BrN2/c1-6-18-10-14-7-8-15(16(17)9-14)11-19(5)13(4)12(2)3/h7-9,12-13,18H,6,10-11H2,1-5H3. The Balaban J connectivity index is 2.69. The molecule has 108 valence electrons. The lowest BCUT2D eigenvalue weighted by Crippen LogP contribution is -2.32. The van der Waals surface area contributed by atoms with Gasteiger partial charge in [0, 0.05) is 23.6 Å². The van der Waals surface area contributed by atoms with Crippen LogP contribution >= 0.6 is 15.9 Å². The molecule has 1 unspecified atom stereocenters. The fourth-order valence-electron chi connectivity index (χ4n) is 2.02. The van der Waals surface area contributed by atoms with Crippen molar-refractivity contribution in [1.29, 1.82) is 0 Å². The van der Waals surface area contributed by atoms with Crippen LogP contribution in [0.25, 0.3) is 0 Å². The van der Waals surface area contributed by atoms with Gasteiger partial charge in [-0.3, -0.25) is 4.90 Å². The molecule has 0 saturated heterocycles. The summed E-state index contributed by atoms with van der Waals surface area (Å²) in [6.07, 6.45) is 0. The van der Waals surface area contributed by atoms with Gasteiger partial charge in [-0.25, -0.2) is 0 Å². The molecule has 1 N–H and O–H groups in total. The van der Waals surface area contributed by atoms with Gasteiger partial charge in [0.1, 0.15) is 0 Å². The number of halogens is 1. The molecule has 1 aromatic carbocycles. The van der Waals surface area contributed by atoms with Gasteiger partial charge in [-0.1, -0.05) is 48.8 Å². The van der Waals surface area contributed by atoms with Gasteiger partial charge in [-0.05, 0) is 43.6 Å². The molecule has 19 heavy (non-hydrogen) atoms. The Morgan fingerprint density at radius 1 is 1.26 bits per heavy atom. The van der Waals surface area contributed by atoms with E-state index in [2.05, 4.69) is 79.1 Å². The maximum atomic E-state index is 3.70. The Labute approximate surface area is 126 Å². The molecule has 1 rings (SSSR count). The van der Waals surface area contributed by atoms with E-state index in [-0.39, 0.29) is 0 Å². The van der Waals surface area contributed by atoms with Gasteiger partial charge in [-0.2, -0.15) is 0 Å². The monoisotopic (exact) mass is 326 g/mol. The lowest BCUT2D eigenvalue weighted by molar-refractivity contribution is 0.200. The molecule has 0 saturated carbocycles. The van der Waals surface area contributed by atoms with Crippen molar-refractivity contribution in [1.82, 2.24) is 10.2 Å². The third-order valence-electron chi connectivity index (χ3n) is 3.78. The highest BCUT2D eigenvalue weighted by molar-refractivity contribution is 9.10. The first-order valence-electron chi connectivity index (χ1n) is 7.14. The Hall–Kier alpha value is -0.380. The molecule has 2 nitrogen and oxygen atoms in total. The topological polar surface area (TPSA) is 15.3 Å². The number of rotatable bonds is 7. The molecular weight excluding hydrogens is 300 g/mol. The van der Waals surface area contributed by atoms with E-state index >= 15 is 0 Å². The van der Waals surface area contributed by atoms with Crippen LogP contribution in [-0.2, 0) is 13.1 Å². The number of nitrogens with one attached hydrogen (secondary N) is 1. The Morgan fingerprint density at radius 3 is 2.47 bits per heavy atom. The van der Waals surface area contributed by atoms with Crippen LogP contribution in [0, 0.1) is 5.92 Å². The Morgan fingerprint density at radius 2 is 1.95 bits per heavy atom. The summed E-state index contributed by atoms with van der Waals surface area (Å²) in [5, 5.41) is 3.35. The number of hydrogen-bond donors (Lipinski definition) is 1. The molecule has 0 bridgehead atoms. The van der Waals surface area contributed by atoms with Gasteiger partial charge in [-0.15, -0.1) is 0 Å². The summed E-state index contributed by atoms with van der Waals surface area (Å²) in [5.41, 5.74) is 2.69. The fourth-order valence-corrected chi connectivity index (χ4v) is 2.57. The molecule has 1 aromatic rings. The lowest BCUT2D eigenvalue weighted by atomic mass is 10.0. The quantitative estimate of drug-likeness (QED) is 0.813. The molecular formula is C16H27BrN2. The van der Waals surface area contributed by atoms with E-state index in [0.717, 1.165) is 19.6 Å². The molecule has 1 atom stereocenters. The maximum Gasteiger partial charge on any atom is 0.0244 e. The average molecular weight is 327 g/mol. The summed E-state index contributed by atoms with van der Waals surface area (Å²) in [4.78, 5) is 2.41. The molecule has 0 aliphatic rings. The molecule has 0 spiro atoms. The number of nitrogens with zero attached hydrogens (tertiary/aromatic N) is 1. The van der Waals surface area contributed by atoms with Gasteiger partial charge in [0.25, 0.3) is 0 Å². The average Bonchev–Trinajstić information content (AvgIpc) is 2.37. The summed E-state index contributed by atoms with van der Waals surface area (Å²) in [6.45, 7) is 11.9. The molecule has 0 fully saturated rings. The molecule has 0 aromatic heterocycles. The highest BCUT2D eigenvalue weighted by Gasteiger charge is 2.14. The molecule has 0 radical (unpaired) electrons. The zero-order valence-corrected chi connectivity index (χ0v) is 14.4. The maximum absolute atomic E-state index is 3.70. The van der Waals surface area contributed by atoms with Crippen molar-refractivity contribution in [3.8, 4) is 0 Å². The summed E-state index contributed by atoms with van der Waals surface area (Å²) in [5.74, 6) is 0.678. The van der Waals surface area contributed by atoms with Crippen molar-refractivity contribution < 1.29 is 0 Å². The second-order valence-corrected chi connectivity index (χ2v) is 6.46. The van der Waals surface area contributed by atoms with Gasteiger partial charge in [0.2, 0.25) is 0 Å². The minimum absolute atomic E-state index is 0.591. The van der Waals surface area contributed by atoms with Gasteiger partial charge in [0.15, 0.2) is 0 Å². The number of benzene rings is 1. The first-order valence-corrected chi connectivity index (χ1v) is 7.93. The van der Waals surface area contributed by atoms with Crippen molar-refractivity contribution in [3.05, 3.63) is 33.8 Å². The van der Waals surface area contributed by atoms with Gasteiger partial charge in [0.05, 0.1) is 0 Å². The highest BCUT2D eigenvalue weighted by Crippen LogP contribution is 2.21. The smallest absolute Gasteiger partial charge is 0.0244 e. The zero-order chi connectivity index (χ0) is 14.4. The SMILES string of the molecule is CCNCc1ccc(CN(C)C(C)C(C)C)c(Br)c1. The molecule has 0 aliphatic heterocycles. The van der Waals surface area contributed by atoms with Crippen LogP contribution in [-0.4, -0.2) is 24.5 Å². The molecule has 0 heterocycles. The van der Waals surface area contributed by atoms with E-state index in [9.17, 15) is 0 Å². The predicted octanol–water partition coefficient (Wildman–Crippen LogP) is 4.03. The first kappa shape index (κ1) is 16.7. The molecule has 3 heteroatoms. The largest absolute Gasteiger partial charge is 0.313 e. The summed E-state index contributed by atoms with van der Waals surface area (Å²) in [7, 11) is 2.20. The van der Waals surface area contributed by atoms with Gasteiger partial charge >= 0.3 is 0 Å². The molecule has 0 amide bonds. The normalized spacial score (nSPS) is 13.3. The van der Waals surface area contributed by atoms with Crippen LogP contribution in [0.15, 0.2) is 22.7 Å². The minimum atomic E-state index is 0.591. The molecule has 0 aliphatic carbocycles.